The van der Waals surface area contributed by atoms with Crippen LogP contribution in [-0.4, -0.2) is 38.2 Å². The van der Waals surface area contributed by atoms with Gasteiger partial charge in [0.25, 0.3) is 0 Å². The summed E-state index contributed by atoms with van der Waals surface area (Å²) in [6.07, 6.45) is 0. The third-order valence-corrected chi connectivity index (χ3v) is 4.58. The lowest BCUT2D eigenvalue weighted by atomic mass is 10.2. The van der Waals surface area contributed by atoms with Crippen LogP contribution in [0.5, 0.6) is 5.75 Å². The molecule has 1 fully saturated rings. The predicted octanol–water partition coefficient (Wildman–Crippen LogP) is 3.78. The van der Waals surface area contributed by atoms with Gasteiger partial charge in [-0.2, -0.15) is 0 Å². The number of rotatable bonds is 4. The lowest BCUT2D eigenvalue weighted by Gasteiger charge is -2.36. The first kappa shape index (κ1) is 15.4. The molecule has 0 spiro atoms. The molecular weight excluding hydrogens is 340 g/mol. The van der Waals surface area contributed by atoms with Gasteiger partial charge in [0.15, 0.2) is 0 Å². The minimum absolute atomic E-state index is 0.925. The van der Waals surface area contributed by atoms with E-state index in [1.807, 2.05) is 6.07 Å². The Hall–Kier alpha value is -1.52. The SMILES string of the molecule is COc1cccc(N2CCN(Cc3cccc(Br)c3)CC2)c1. The molecule has 1 aliphatic rings. The quantitative estimate of drug-likeness (QED) is 0.824. The Morgan fingerprint density at radius 2 is 1.77 bits per heavy atom. The first-order chi connectivity index (χ1) is 10.7. The summed E-state index contributed by atoms with van der Waals surface area (Å²) in [4.78, 5) is 4.94. The van der Waals surface area contributed by atoms with Crippen molar-refractivity contribution in [3.8, 4) is 5.75 Å². The minimum Gasteiger partial charge on any atom is -0.497 e. The molecule has 0 radical (unpaired) electrons. The Kier molecular flexibility index (Phi) is 5.01. The van der Waals surface area contributed by atoms with Crippen LogP contribution in [0.1, 0.15) is 5.56 Å². The zero-order chi connectivity index (χ0) is 15.4. The monoisotopic (exact) mass is 360 g/mol. The van der Waals surface area contributed by atoms with Crippen LogP contribution in [0.25, 0.3) is 0 Å². The summed E-state index contributed by atoms with van der Waals surface area (Å²) in [6, 6.07) is 16.9. The Labute approximate surface area is 140 Å². The number of methoxy groups -OCH3 is 1. The Morgan fingerprint density at radius 3 is 2.50 bits per heavy atom. The van der Waals surface area contributed by atoms with E-state index in [0.717, 1.165) is 42.9 Å². The lowest BCUT2D eigenvalue weighted by molar-refractivity contribution is 0.250. The molecule has 1 saturated heterocycles. The fourth-order valence-corrected chi connectivity index (χ4v) is 3.31. The molecule has 22 heavy (non-hydrogen) atoms. The van der Waals surface area contributed by atoms with E-state index < -0.39 is 0 Å². The van der Waals surface area contributed by atoms with Crippen molar-refractivity contribution >= 4 is 21.6 Å². The minimum atomic E-state index is 0.925. The van der Waals surface area contributed by atoms with Gasteiger partial charge in [-0.05, 0) is 29.8 Å². The number of hydrogen-bond donors (Lipinski definition) is 0. The molecule has 1 heterocycles. The second-order valence-corrected chi connectivity index (χ2v) is 6.51. The number of nitrogens with zero attached hydrogens (tertiary/aromatic N) is 2. The van der Waals surface area contributed by atoms with E-state index >= 15 is 0 Å². The number of anilines is 1. The van der Waals surface area contributed by atoms with E-state index in [0.29, 0.717) is 0 Å². The molecule has 0 amide bonds. The first-order valence-electron chi connectivity index (χ1n) is 7.60. The third kappa shape index (κ3) is 3.81. The average Bonchev–Trinajstić information content (AvgIpc) is 2.56. The summed E-state index contributed by atoms with van der Waals surface area (Å²) < 4.78 is 6.47. The van der Waals surface area contributed by atoms with Gasteiger partial charge in [-0.3, -0.25) is 4.90 Å². The number of hydrogen-bond acceptors (Lipinski definition) is 3. The largest absolute Gasteiger partial charge is 0.497 e. The normalized spacial score (nSPS) is 15.8. The van der Waals surface area contributed by atoms with E-state index in [4.69, 9.17) is 4.74 Å². The molecule has 2 aromatic carbocycles. The summed E-state index contributed by atoms with van der Waals surface area (Å²) in [6.45, 7) is 5.31. The third-order valence-electron chi connectivity index (χ3n) is 4.09. The molecule has 2 aromatic rings. The van der Waals surface area contributed by atoms with Crippen LogP contribution in [-0.2, 0) is 6.54 Å². The highest BCUT2D eigenvalue weighted by molar-refractivity contribution is 9.10. The van der Waals surface area contributed by atoms with E-state index in [1.54, 1.807) is 7.11 Å². The molecule has 1 aliphatic heterocycles. The van der Waals surface area contributed by atoms with Crippen molar-refractivity contribution in [1.82, 2.24) is 4.90 Å². The summed E-state index contributed by atoms with van der Waals surface area (Å²) >= 11 is 3.54. The van der Waals surface area contributed by atoms with E-state index in [1.165, 1.54) is 11.3 Å². The summed E-state index contributed by atoms with van der Waals surface area (Å²) in [5, 5.41) is 0. The maximum absolute atomic E-state index is 5.32. The van der Waals surface area contributed by atoms with Crippen LogP contribution in [0.2, 0.25) is 0 Å². The van der Waals surface area contributed by atoms with Gasteiger partial charge in [0.1, 0.15) is 5.75 Å². The Bertz CT molecular complexity index is 624. The van der Waals surface area contributed by atoms with Gasteiger partial charge in [0.05, 0.1) is 7.11 Å². The van der Waals surface area contributed by atoms with Crippen molar-refractivity contribution in [3.63, 3.8) is 0 Å². The molecule has 3 rings (SSSR count). The van der Waals surface area contributed by atoms with Crippen molar-refractivity contribution in [2.75, 3.05) is 38.2 Å². The molecule has 0 aromatic heterocycles. The van der Waals surface area contributed by atoms with E-state index in [9.17, 15) is 0 Å². The molecule has 116 valence electrons. The van der Waals surface area contributed by atoms with Gasteiger partial charge in [-0.15, -0.1) is 0 Å². The fourth-order valence-electron chi connectivity index (χ4n) is 2.86. The molecule has 0 bridgehead atoms. The standard InChI is InChI=1S/C18H21BrN2O/c1-22-18-7-3-6-17(13-18)21-10-8-20(9-11-21)14-15-4-2-5-16(19)12-15/h2-7,12-13H,8-11,14H2,1H3. The van der Waals surface area contributed by atoms with E-state index in [-0.39, 0.29) is 0 Å². The van der Waals surface area contributed by atoms with E-state index in [2.05, 4.69) is 68.2 Å². The van der Waals surface area contributed by atoms with Crippen molar-refractivity contribution in [2.45, 2.75) is 6.54 Å². The van der Waals surface area contributed by atoms with Crippen LogP contribution in [0, 0.1) is 0 Å². The zero-order valence-corrected chi connectivity index (χ0v) is 14.4. The average molecular weight is 361 g/mol. The van der Waals surface area contributed by atoms with Gasteiger partial charge in [0, 0.05) is 49.0 Å². The highest BCUT2D eigenvalue weighted by Crippen LogP contribution is 2.22. The van der Waals surface area contributed by atoms with Crippen LogP contribution >= 0.6 is 15.9 Å². The molecule has 0 unspecified atom stereocenters. The first-order valence-corrected chi connectivity index (χ1v) is 8.40. The highest BCUT2D eigenvalue weighted by atomic mass is 79.9. The van der Waals surface area contributed by atoms with Crippen LogP contribution < -0.4 is 9.64 Å². The molecule has 3 nitrogen and oxygen atoms in total. The van der Waals surface area contributed by atoms with Crippen LogP contribution in [0.3, 0.4) is 0 Å². The molecule has 0 atom stereocenters. The van der Waals surface area contributed by atoms with Gasteiger partial charge < -0.3 is 9.64 Å². The number of halogens is 1. The maximum atomic E-state index is 5.32. The van der Waals surface area contributed by atoms with Gasteiger partial charge in [0.2, 0.25) is 0 Å². The zero-order valence-electron chi connectivity index (χ0n) is 12.8. The number of benzene rings is 2. The lowest BCUT2D eigenvalue weighted by Crippen LogP contribution is -2.45. The van der Waals surface area contributed by atoms with Crippen LogP contribution in [0.15, 0.2) is 53.0 Å². The van der Waals surface area contributed by atoms with Gasteiger partial charge >= 0.3 is 0 Å². The summed E-state index contributed by atoms with van der Waals surface area (Å²) in [5.41, 5.74) is 2.62. The Balaban J connectivity index is 1.58. The highest BCUT2D eigenvalue weighted by Gasteiger charge is 2.17. The van der Waals surface area contributed by atoms with Crippen molar-refractivity contribution in [1.29, 1.82) is 0 Å². The molecule has 4 heteroatoms. The van der Waals surface area contributed by atoms with Gasteiger partial charge in [-0.25, -0.2) is 0 Å². The van der Waals surface area contributed by atoms with Crippen molar-refractivity contribution in [3.05, 3.63) is 58.6 Å². The predicted molar refractivity (Wildman–Crippen MR) is 94.6 cm³/mol. The molecule has 0 N–H and O–H groups in total. The summed E-state index contributed by atoms with van der Waals surface area (Å²) in [7, 11) is 1.72. The maximum Gasteiger partial charge on any atom is 0.120 e. The Morgan fingerprint density at radius 1 is 1.00 bits per heavy atom. The van der Waals surface area contributed by atoms with Gasteiger partial charge in [-0.1, -0.05) is 34.1 Å². The second kappa shape index (κ2) is 7.16. The smallest absolute Gasteiger partial charge is 0.120 e. The van der Waals surface area contributed by atoms with Crippen LogP contribution in [0.4, 0.5) is 5.69 Å². The molecule has 0 aliphatic carbocycles. The van der Waals surface area contributed by atoms with Crippen molar-refractivity contribution < 1.29 is 4.74 Å². The topological polar surface area (TPSA) is 15.7 Å². The summed E-state index contributed by atoms with van der Waals surface area (Å²) in [5.74, 6) is 0.925. The number of piperazine rings is 1. The fraction of sp³-hybridized carbons (Fsp3) is 0.333. The van der Waals surface area contributed by atoms with Crippen molar-refractivity contribution in [2.24, 2.45) is 0 Å². The number of ether oxygens (including phenoxy) is 1. The molecule has 0 saturated carbocycles. The molecular formula is C18H21BrN2O. The second-order valence-electron chi connectivity index (χ2n) is 5.59.